The van der Waals surface area contributed by atoms with Crippen molar-refractivity contribution in [1.29, 1.82) is 0 Å². The molecule has 4 rings (SSSR count). The van der Waals surface area contributed by atoms with Crippen molar-refractivity contribution in [3.05, 3.63) is 52.0 Å². The van der Waals surface area contributed by atoms with Crippen molar-refractivity contribution in [1.82, 2.24) is 4.57 Å². The van der Waals surface area contributed by atoms with Gasteiger partial charge in [0.05, 0.1) is 5.56 Å². The van der Waals surface area contributed by atoms with Crippen LogP contribution < -0.4 is 11.1 Å². The molecule has 1 aliphatic rings. The molecule has 0 atom stereocenters. The number of aryl methyl sites for hydroxylation is 2. The zero-order valence-corrected chi connectivity index (χ0v) is 16.2. The molecule has 5 nitrogen and oxygen atoms in total. The van der Waals surface area contributed by atoms with Gasteiger partial charge in [0.1, 0.15) is 11.5 Å². The van der Waals surface area contributed by atoms with Gasteiger partial charge in [-0.25, -0.2) is 0 Å². The van der Waals surface area contributed by atoms with Crippen LogP contribution in [0.4, 0.5) is 5.00 Å². The van der Waals surface area contributed by atoms with E-state index in [0.29, 0.717) is 10.6 Å². The fourth-order valence-electron chi connectivity index (χ4n) is 3.84. The molecule has 0 unspecified atom stereocenters. The van der Waals surface area contributed by atoms with Crippen molar-refractivity contribution in [2.24, 2.45) is 5.73 Å². The van der Waals surface area contributed by atoms with Crippen molar-refractivity contribution < 1.29 is 9.59 Å². The highest BCUT2D eigenvalue weighted by atomic mass is 32.1. The van der Waals surface area contributed by atoms with Gasteiger partial charge in [-0.2, -0.15) is 0 Å². The van der Waals surface area contributed by atoms with Gasteiger partial charge in [0.15, 0.2) is 0 Å². The Bertz CT molecular complexity index is 1030. The molecular weight excluding hydrogens is 358 g/mol. The number of hydrogen-bond donors (Lipinski definition) is 2. The van der Waals surface area contributed by atoms with Crippen LogP contribution in [0.1, 0.15) is 46.1 Å². The summed E-state index contributed by atoms with van der Waals surface area (Å²) in [6.45, 7) is 2.33. The SMILES string of the molecule is CCc1ccc2c(ccn2CC(=O)Nc2sc3c(c2C(N)=O)CCCC3)c1. The number of thiophene rings is 1. The zero-order valence-electron chi connectivity index (χ0n) is 15.4. The normalized spacial score (nSPS) is 13.5. The van der Waals surface area contributed by atoms with E-state index in [9.17, 15) is 9.59 Å². The number of rotatable bonds is 5. The van der Waals surface area contributed by atoms with E-state index in [1.807, 2.05) is 16.8 Å². The number of carbonyl (C=O) groups is 2. The summed E-state index contributed by atoms with van der Waals surface area (Å²) in [5.74, 6) is -0.601. The first kappa shape index (κ1) is 17.8. The number of nitrogens with zero attached hydrogens (tertiary/aromatic N) is 1. The van der Waals surface area contributed by atoms with Gasteiger partial charge in [0.2, 0.25) is 5.91 Å². The van der Waals surface area contributed by atoms with Gasteiger partial charge in [-0.15, -0.1) is 11.3 Å². The Morgan fingerprint density at radius 2 is 2.04 bits per heavy atom. The van der Waals surface area contributed by atoms with Crippen LogP contribution in [-0.2, 0) is 30.6 Å². The maximum Gasteiger partial charge on any atom is 0.251 e. The lowest BCUT2D eigenvalue weighted by Crippen LogP contribution is -2.21. The number of benzene rings is 1. The van der Waals surface area contributed by atoms with Crippen LogP contribution in [-0.4, -0.2) is 16.4 Å². The largest absolute Gasteiger partial charge is 0.365 e. The predicted octanol–water partition coefficient (Wildman–Crippen LogP) is 3.88. The molecular formula is C21H23N3O2S. The monoisotopic (exact) mass is 381 g/mol. The minimum atomic E-state index is -0.455. The Morgan fingerprint density at radius 3 is 2.81 bits per heavy atom. The molecule has 0 saturated carbocycles. The van der Waals surface area contributed by atoms with Crippen LogP contribution >= 0.6 is 11.3 Å². The number of aromatic nitrogens is 1. The molecule has 2 aromatic heterocycles. The molecule has 3 N–H and O–H groups in total. The van der Waals surface area contributed by atoms with Gasteiger partial charge < -0.3 is 15.6 Å². The summed E-state index contributed by atoms with van der Waals surface area (Å²) in [6.07, 6.45) is 6.92. The number of carbonyl (C=O) groups excluding carboxylic acids is 2. The lowest BCUT2D eigenvalue weighted by atomic mass is 9.95. The van der Waals surface area contributed by atoms with Gasteiger partial charge in [-0.1, -0.05) is 13.0 Å². The lowest BCUT2D eigenvalue weighted by Gasteiger charge is -2.11. The average Bonchev–Trinajstić information content (AvgIpc) is 3.21. The highest BCUT2D eigenvalue weighted by Crippen LogP contribution is 2.37. The summed E-state index contributed by atoms with van der Waals surface area (Å²) < 4.78 is 1.93. The summed E-state index contributed by atoms with van der Waals surface area (Å²) in [7, 11) is 0. The first-order valence-corrected chi connectivity index (χ1v) is 10.2. The van der Waals surface area contributed by atoms with E-state index in [-0.39, 0.29) is 12.5 Å². The second-order valence-electron chi connectivity index (χ2n) is 7.02. The fraction of sp³-hybridized carbons (Fsp3) is 0.333. The Hall–Kier alpha value is -2.60. The Labute approximate surface area is 162 Å². The molecule has 1 aromatic carbocycles. The number of anilines is 1. The molecule has 0 spiro atoms. The summed E-state index contributed by atoms with van der Waals surface area (Å²) in [5.41, 5.74) is 9.46. The third kappa shape index (κ3) is 3.37. The van der Waals surface area contributed by atoms with Crippen LogP contribution in [0.5, 0.6) is 0 Å². The van der Waals surface area contributed by atoms with Crippen LogP contribution in [0.25, 0.3) is 10.9 Å². The standard InChI is InChI=1S/C21H23N3O2S/c1-2-13-7-8-16-14(11-13)9-10-24(16)12-18(25)23-21-19(20(22)26)15-5-3-4-6-17(15)27-21/h7-11H,2-6,12H2,1H3,(H2,22,26)(H,23,25). The molecule has 2 amide bonds. The summed E-state index contributed by atoms with van der Waals surface area (Å²) >= 11 is 1.50. The molecule has 0 bridgehead atoms. The van der Waals surface area contributed by atoms with E-state index < -0.39 is 5.91 Å². The van der Waals surface area contributed by atoms with E-state index in [1.165, 1.54) is 21.8 Å². The fourth-order valence-corrected chi connectivity index (χ4v) is 5.15. The van der Waals surface area contributed by atoms with Gasteiger partial charge in [-0.3, -0.25) is 9.59 Å². The van der Waals surface area contributed by atoms with E-state index in [0.717, 1.165) is 48.6 Å². The van der Waals surface area contributed by atoms with Crippen molar-refractivity contribution >= 4 is 39.1 Å². The third-order valence-electron chi connectivity index (χ3n) is 5.23. The maximum atomic E-state index is 12.7. The van der Waals surface area contributed by atoms with Crippen LogP contribution in [0.15, 0.2) is 30.5 Å². The van der Waals surface area contributed by atoms with E-state index in [2.05, 4.69) is 30.4 Å². The summed E-state index contributed by atoms with van der Waals surface area (Å²) in [5, 5.41) is 4.66. The zero-order chi connectivity index (χ0) is 19.0. The average molecular weight is 382 g/mol. The molecule has 140 valence electrons. The Balaban J connectivity index is 1.57. The van der Waals surface area contributed by atoms with Crippen LogP contribution in [0.3, 0.4) is 0 Å². The molecule has 0 saturated heterocycles. The predicted molar refractivity (Wildman–Crippen MR) is 109 cm³/mol. The molecule has 3 aromatic rings. The van der Waals surface area contributed by atoms with Crippen molar-refractivity contribution in [3.63, 3.8) is 0 Å². The van der Waals surface area contributed by atoms with Gasteiger partial charge in [0, 0.05) is 16.6 Å². The number of nitrogens with one attached hydrogen (secondary N) is 1. The van der Waals surface area contributed by atoms with Crippen LogP contribution in [0, 0.1) is 0 Å². The van der Waals surface area contributed by atoms with E-state index in [4.69, 9.17) is 5.73 Å². The molecule has 27 heavy (non-hydrogen) atoms. The summed E-state index contributed by atoms with van der Waals surface area (Å²) in [6, 6.07) is 8.33. The molecule has 1 aliphatic carbocycles. The second-order valence-corrected chi connectivity index (χ2v) is 8.12. The van der Waals surface area contributed by atoms with Crippen LogP contribution in [0.2, 0.25) is 0 Å². The quantitative estimate of drug-likeness (QED) is 0.703. The van der Waals surface area contributed by atoms with Crippen molar-refractivity contribution in [2.45, 2.75) is 45.6 Å². The third-order valence-corrected chi connectivity index (χ3v) is 6.44. The lowest BCUT2D eigenvalue weighted by molar-refractivity contribution is -0.116. The topological polar surface area (TPSA) is 77.1 Å². The van der Waals surface area contributed by atoms with Crippen molar-refractivity contribution in [3.8, 4) is 0 Å². The number of fused-ring (bicyclic) bond motifs is 2. The van der Waals surface area contributed by atoms with Crippen molar-refractivity contribution in [2.75, 3.05) is 5.32 Å². The molecule has 2 heterocycles. The van der Waals surface area contributed by atoms with E-state index in [1.54, 1.807) is 0 Å². The first-order valence-electron chi connectivity index (χ1n) is 9.38. The van der Waals surface area contributed by atoms with E-state index >= 15 is 0 Å². The Kier molecular flexibility index (Phi) is 4.74. The minimum Gasteiger partial charge on any atom is -0.365 e. The second kappa shape index (κ2) is 7.19. The number of primary amides is 1. The molecule has 0 fully saturated rings. The first-order chi connectivity index (χ1) is 13.1. The smallest absolute Gasteiger partial charge is 0.251 e. The number of amides is 2. The molecule has 6 heteroatoms. The number of nitrogens with two attached hydrogens (primary N) is 1. The highest BCUT2D eigenvalue weighted by molar-refractivity contribution is 7.17. The highest BCUT2D eigenvalue weighted by Gasteiger charge is 2.25. The number of hydrogen-bond acceptors (Lipinski definition) is 3. The molecule has 0 aliphatic heterocycles. The maximum absolute atomic E-state index is 12.7. The summed E-state index contributed by atoms with van der Waals surface area (Å²) in [4.78, 5) is 25.8. The Morgan fingerprint density at radius 1 is 1.22 bits per heavy atom. The van der Waals surface area contributed by atoms with Gasteiger partial charge in [0.25, 0.3) is 5.91 Å². The van der Waals surface area contributed by atoms with Gasteiger partial charge >= 0.3 is 0 Å². The molecule has 0 radical (unpaired) electrons. The minimum absolute atomic E-state index is 0.145. The van der Waals surface area contributed by atoms with Gasteiger partial charge in [-0.05, 0) is 66.8 Å².